The molecule has 18 heavy (non-hydrogen) atoms. The van der Waals surface area contributed by atoms with Crippen LogP contribution in [0.15, 0.2) is 12.2 Å². The van der Waals surface area contributed by atoms with Crippen LogP contribution in [0.1, 0.15) is 39.0 Å². The lowest BCUT2D eigenvalue weighted by Gasteiger charge is -2.20. The van der Waals surface area contributed by atoms with E-state index in [1.165, 1.54) is 31.4 Å². The molecule has 2 nitrogen and oxygen atoms in total. The molecule has 0 unspecified atom stereocenters. The Hall–Kier alpha value is -0.440. The van der Waals surface area contributed by atoms with Crippen molar-refractivity contribution >= 4 is 17.7 Å². The van der Waals surface area contributed by atoms with Gasteiger partial charge in [0.2, 0.25) is 5.91 Å². The Morgan fingerprint density at radius 3 is 2.83 bits per heavy atom. The van der Waals surface area contributed by atoms with Crippen LogP contribution in [-0.2, 0) is 4.79 Å². The summed E-state index contributed by atoms with van der Waals surface area (Å²) >= 11 is 2.05. The first-order chi connectivity index (χ1) is 8.76. The highest BCUT2D eigenvalue weighted by molar-refractivity contribution is 7.99. The average Bonchev–Trinajstić information content (AvgIpc) is 3.05. The normalized spacial score (nSPS) is 41.5. The van der Waals surface area contributed by atoms with Crippen LogP contribution in [0.25, 0.3) is 0 Å². The molecule has 0 spiro atoms. The van der Waals surface area contributed by atoms with Gasteiger partial charge in [-0.1, -0.05) is 19.1 Å². The Balaban J connectivity index is 1.49. The van der Waals surface area contributed by atoms with Crippen molar-refractivity contribution in [3.05, 3.63) is 12.2 Å². The van der Waals surface area contributed by atoms with Crippen molar-refractivity contribution in [1.82, 2.24) is 5.32 Å². The number of thioether (sulfide) groups is 1. The first-order valence-corrected chi connectivity index (χ1v) is 8.41. The Morgan fingerprint density at radius 2 is 2.17 bits per heavy atom. The third kappa shape index (κ3) is 2.47. The van der Waals surface area contributed by atoms with Gasteiger partial charge in [0.05, 0.1) is 0 Å². The number of carbonyl (C=O) groups excluding carboxylic acids is 1. The largest absolute Gasteiger partial charge is 0.353 e. The summed E-state index contributed by atoms with van der Waals surface area (Å²) < 4.78 is 0. The zero-order valence-electron chi connectivity index (χ0n) is 11.1. The van der Waals surface area contributed by atoms with Crippen LogP contribution in [0.3, 0.4) is 0 Å². The molecule has 0 saturated heterocycles. The summed E-state index contributed by atoms with van der Waals surface area (Å²) in [6, 6.07) is 0.449. The van der Waals surface area contributed by atoms with Crippen LogP contribution < -0.4 is 5.32 Å². The van der Waals surface area contributed by atoms with E-state index in [2.05, 4.69) is 36.2 Å². The molecule has 100 valence electrons. The van der Waals surface area contributed by atoms with Crippen molar-refractivity contribution in [3.63, 3.8) is 0 Å². The smallest absolute Gasteiger partial charge is 0.223 e. The van der Waals surface area contributed by atoms with Crippen molar-refractivity contribution in [1.29, 1.82) is 0 Å². The number of hydrogen-bond donors (Lipinski definition) is 1. The Kier molecular flexibility index (Phi) is 3.69. The molecule has 0 aromatic heterocycles. The molecule has 0 aromatic rings. The number of carbonyl (C=O) groups is 1. The summed E-state index contributed by atoms with van der Waals surface area (Å²) in [7, 11) is 0. The molecule has 2 fully saturated rings. The van der Waals surface area contributed by atoms with Crippen LogP contribution >= 0.6 is 11.8 Å². The SMILES string of the molecule is CCS[C@@H]1CC[C@@H](NC(=O)[C@H]2C[C@H]3C=C[C@H]2C3)C1. The van der Waals surface area contributed by atoms with Gasteiger partial charge < -0.3 is 5.32 Å². The van der Waals surface area contributed by atoms with Gasteiger partial charge in [0, 0.05) is 17.2 Å². The number of nitrogens with one attached hydrogen (secondary N) is 1. The van der Waals surface area contributed by atoms with E-state index in [1.54, 1.807) is 0 Å². The van der Waals surface area contributed by atoms with Gasteiger partial charge >= 0.3 is 0 Å². The third-order valence-electron chi connectivity index (χ3n) is 4.75. The second-order valence-electron chi connectivity index (χ2n) is 5.98. The molecule has 0 aromatic carbocycles. The highest BCUT2D eigenvalue weighted by Crippen LogP contribution is 2.43. The fraction of sp³-hybridized carbons (Fsp3) is 0.800. The second-order valence-corrected chi connectivity index (χ2v) is 7.56. The Labute approximate surface area is 114 Å². The minimum atomic E-state index is 0.276. The van der Waals surface area contributed by atoms with Crippen LogP contribution in [0, 0.1) is 17.8 Å². The molecule has 3 rings (SSSR count). The minimum absolute atomic E-state index is 0.276. The number of hydrogen-bond acceptors (Lipinski definition) is 2. The lowest BCUT2D eigenvalue weighted by molar-refractivity contribution is -0.126. The van der Waals surface area contributed by atoms with Gasteiger partial charge in [-0.2, -0.15) is 11.8 Å². The Morgan fingerprint density at radius 1 is 1.28 bits per heavy atom. The van der Waals surface area contributed by atoms with E-state index < -0.39 is 0 Å². The molecule has 0 heterocycles. The average molecular weight is 265 g/mol. The fourth-order valence-electron chi connectivity index (χ4n) is 3.85. The first kappa shape index (κ1) is 12.6. The maximum atomic E-state index is 12.3. The van der Waals surface area contributed by atoms with Crippen molar-refractivity contribution in [2.75, 3.05) is 5.75 Å². The lowest BCUT2D eigenvalue weighted by atomic mass is 9.92. The third-order valence-corrected chi connectivity index (χ3v) is 5.98. The van der Waals surface area contributed by atoms with Gasteiger partial charge in [0.1, 0.15) is 0 Å². The highest BCUT2D eigenvalue weighted by atomic mass is 32.2. The maximum Gasteiger partial charge on any atom is 0.223 e. The van der Waals surface area contributed by atoms with Crippen molar-refractivity contribution in [2.24, 2.45) is 17.8 Å². The van der Waals surface area contributed by atoms with Crippen LogP contribution in [0.4, 0.5) is 0 Å². The van der Waals surface area contributed by atoms with Crippen LogP contribution in [-0.4, -0.2) is 23.0 Å². The van der Waals surface area contributed by atoms with Crippen LogP contribution in [0.5, 0.6) is 0 Å². The summed E-state index contributed by atoms with van der Waals surface area (Å²) in [4.78, 5) is 12.3. The van der Waals surface area contributed by atoms with Crippen molar-refractivity contribution in [2.45, 2.75) is 50.3 Å². The van der Waals surface area contributed by atoms with Gasteiger partial charge in [-0.15, -0.1) is 0 Å². The topological polar surface area (TPSA) is 29.1 Å². The van der Waals surface area contributed by atoms with E-state index in [4.69, 9.17) is 0 Å². The monoisotopic (exact) mass is 265 g/mol. The van der Waals surface area contributed by atoms with E-state index in [0.29, 0.717) is 23.8 Å². The molecule has 2 saturated carbocycles. The second kappa shape index (κ2) is 5.28. The zero-order chi connectivity index (χ0) is 12.5. The quantitative estimate of drug-likeness (QED) is 0.792. The molecule has 1 N–H and O–H groups in total. The first-order valence-electron chi connectivity index (χ1n) is 7.36. The molecule has 3 heteroatoms. The molecule has 0 aliphatic heterocycles. The van der Waals surface area contributed by atoms with Gasteiger partial charge in [-0.3, -0.25) is 4.79 Å². The number of fused-ring (bicyclic) bond motifs is 2. The van der Waals surface area contributed by atoms with E-state index >= 15 is 0 Å². The van der Waals surface area contributed by atoms with E-state index in [1.807, 2.05) is 0 Å². The number of allylic oxidation sites excluding steroid dienone is 2. The minimum Gasteiger partial charge on any atom is -0.353 e. The van der Waals surface area contributed by atoms with Gasteiger partial charge in [0.15, 0.2) is 0 Å². The van der Waals surface area contributed by atoms with E-state index in [0.717, 1.165) is 11.7 Å². The molecule has 2 bridgehead atoms. The zero-order valence-corrected chi connectivity index (χ0v) is 11.9. The molecular weight excluding hydrogens is 242 g/mol. The van der Waals surface area contributed by atoms with E-state index in [9.17, 15) is 4.79 Å². The molecule has 0 radical (unpaired) electrons. The summed E-state index contributed by atoms with van der Waals surface area (Å²) in [5, 5.41) is 4.09. The molecule has 5 atom stereocenters. The summed E-state index contributed by atoms with van der Waals surface area (Å²) in [5.41, 5.74) is 0. The summed E-state index contributed by atoms with van der Waals surface area (Å²) in [6.45, 7) is 2.22. The van der Waals surface area contributed by atoms with Crippen molar-refractivity contribution in [3.8, 4) is 0 Å². The molecular formula is C15H23NOS. The predicted molar refractivity (Wildman–Crippen MR) is 76.5 cm³/mol. The lowest BCUT2D eigenvalue weighted by Crippen LogP contribution is -2.39. The molecule has 3 aliphatic carbocycles. The van der Waals surface area contributed by atoms with Gasteiger partial charge in [-0.25, -0.2) is 0 Å². The Bertz CT molecular complexity index is 354. The van der Waals surface area contributed by atoms with E-state index in [-0.39, 0.29) is 5.92 Å². The molecule has 3 aliphatic rings. The van der Waals surface area contributed by atoms with Gasteiger partial charge in [-0.05, 0) is 49.7 Å². The fourth-order valence-corrected chi connectivity index (χ4v) is 4.99. The van der Waals surface area contributed by atoms with Gasteiger partial charge in [0.25, 0.3) is 0 Å². The number of amides is 1. The van der Waals surface area contributed by atoms with Crippen LogP contribution in [0.2, 0.25) is 0 Å². The molecule has 1 amide bonds. The summed E-state index contributed by atoms with van der Waals surface area (Å²) in [6.07, 6.45) is 10.5. The number of rotatable bonds is 4. The highest BCUT2D eigenvalue weighted by Gasteiger charge is 2.40. The maximum absolute atomic E-state index is 12.3. The summed E-state index contributed by atoms with van der Waals surface area (Å²) in [5.74, 6) is 3.04. The standard InChI is InChI=1S/C15H23NOS/c1-2-18-13-6-5-12(9-13)16-15(17)14-8-10-3-4-11(14)7-10/h3-4,10-14H,2,5-9H2,1H3,(H,16,17)/t10-,11-,12+,13+,14-/m0/s1. The van der Waals surface area contributed by atoms with Crippen molar-refractivity contribution < 1.29 is 4.79 Å². The predicted octanol–water partition coefficient (Wildman–Crippen LogP) is 2.99.